The lowest BCUT2D eigenvalue weighted by atomic mass is 9.99. The van der Waals surface area contributed by atoms with E-state index in [0.29, 0.717) is 29.7 Å². The average Bonchev–Trinajstić information content (AvgIpc) is 2.47. The molecule has 0 saturated carbocycles. The Morgan fingerprint density at radius 3 is 3.00 bits per heavy atom. The molecule has 0 bridgehead atoms. The second-order valence-electron chi connectivity index (χ2n) is 5.59. The van der Waals surface area contributed by atoms with Crippen LogP contribution >= 0.6 is 15.9 Å². The number of rotatable bonds is 5. The van der Waals surface area contributed by atoms with Gasteiger partial charge in [-0.25, -0.2) is 4.68 Å². The summed E-state index contributed by atoms with van der Waals surface area (Å²) in [7, 11) is 3.76. The molecule has 1 fully saturated rings. The SMILES string of the molecule is COCCn1ncc(NC2CCN(C)C(C)C2)c(Br)c1=O. The van der Waals surface area contributed by atoms with Gasteiger partial charge in [-0.1, -0.05) is 0 Å². The molecule has 0 aliphatic carbocycles. The van der Waals surface area contributed by atoms with Crippen molar-refractivity contribution in [3.05, 3.63) is 21.0 Å². The Balaban J connectivity index is 2.07. The van der Waals surface area contributed by atoms with Gasteiger partial charge in [0.2, 0.25) is 0 Å². The molecule has 2 heterocycles. The van der Waals surface area contributed by atoms with Gasteiger partial charge >= 0.3 is 0 Å². The zero-order valence-electron chi connectivity index (χ0n) is 12.8. The summed E-state index contributed by atoms with van der Waals surface area (Å²) >= 11 is 3.39. The van der Waals surface area contributed by atoms with E-state index in [4.69, 9.17) is 4.74 Å². The largest absolute Gasteiger partial charge is 0.383 e. The van der Waals surface area contributed by atoms with Crippen LogP contribution in [0, 0.1) is 0 Å². The van der Waals surface area contributed by atoms with Gasteiger partial charge in [-0.15, -0.1) is 0 Å². The highest BCUT2D eigenvalue weighted by molar-refractivity contribution is 9.10. The van der Waals surface area contributed by atoms with Gasteiger partial charge in [-0.3, -0.25) is 4.79 Å². The first-order chi connectivity index (χ1) is 10.0. The lowest BCUT2D eigenvalue weighted by molar-refractivity contribution is 0.181. The normalized spacial score (nSPS) is 23.2. The maximum atomic E-state index is 12.2. The molecule has 7 heteroatoms. The van der Waals surface area contributed by atoms with Crippen molar-refractivity contribution in [3.63, 3.8) is 0 Å². The van der Waals surface area contributed by atoms with Gasteiger partial charge in [0, 0.05) is 25.7 Å². The van der Waals surface area contributed by atoms with Crippen molar-refractivity contribution in [2.45, 2.75) is 38.4 Å². The minimum Gasteiger partial charge on any atom is -0.383 e. The molecule has 1 N–H and O–H groups in total. The van der Waals surface area contributed by atoms with E-state index in [-0.39, 0.29) is 5.56 Å². The summed E-state index contributed by atoms with van der Waals surface area (Å²) in [6.45, 7) is 4.22. The van der Waals surface area contributed by atoms with Crippen molar-refractivity contribution >= 4 is 21.6 Å². The summed E-state index contributed by atoms with van der Waals surface area (Å²) < 4.78 is 6.93. The lowest BCUT2D eigenvalue weighted by Crippen LogP contribution is -2.43. The van der Waals surface area contributed by atoms with E-state index in [1.54, 1.807) is 13.3 Å². The zero-order valence-corrected chi connectivity index (χ0v) is 14.4. The molecule has 0 radical (unpaired) electrons. The molecule has 2 unspecified atom stereocenters. The fourth-order valence-electron chi connectivity index (χ4n) is 2.54. The van der Waals surface area contributed by atoms with Crippen LogP contribution < -0.4 is 10.9 Å². The Labute approximate surface area is 133 Å². The molecule has 1 aliphatic heterocycles. The van der Waals surface area contributed by atoms with E-state index >= 15 is 0 Å². The van der Waals surface area contributed by atoms with Crippen molar-refractivity contribution in [3.8, 4) is 0 Å². The molecule has 0 amide bonds. The van der Waals surface area contributed by atoms with Crippen LogP contribution in [0.5, 0.6) is 0 Å². The number of likely N-dealkylation sites (tertiary alicyclic amines) is 1. The monoisotopic (exact) mass is 358 g/mol. The second-order valence-corrected chi connectivity index (χ2v) is 6.38. The first kappa shape index (κ1) is 16.5. The quantitative estimate of drug-likeness (QED) is 0.865. The summed E-state index contributed by atoms with van der Waals surface area (Å²) in [4.78, 5) is 14.6. The molecule has 0 aromatic carbocycles. The first-order valence-corrected chi connectivity index (χ1v) is 8.03. The molecule has 1 aliphatic rings. The molecule has 2 atom stereocenters. The number of hydrogen-bond acceptors (Lipinski definition) is 5. The molecular weight excluding hydrogens is 336 g/mol. The maximum Gasteiger partial charge on any atom is 0.283 e. The van der Waals surface area contributed by atoms with E-state index in [1.807, 2.05) is 0 Å². The maximum absolute atomic E-state index is 12.2. The molecule has 1 aromatic heterocycles. The summed E-state index contributed by atoms with van der Waals surface area (Å²) in [6.07, 6.45) is 3.85. The third-order valence-corrected chi connectivity index (χ3v) is 4.83. The Morgan fingerprint density at radius 2 is 2.33 bits per heavy atom. The highest BCUT2D eigenvalue weighted by Crippen LogP contribution is 2.23. The molecule has 1 aromatic rings. The van der Waals surface area contributed by atoms with Crippen molar-refractivity contribution in [2.24, 2.45) is 0 Å². The molecule has 118 valence electrons. The van der Waals surface area contributed by atoms with Gasteiger partial charge in [-0.2, -0.15) is 5.10 Å². The number of anilines is 1. The van der Waals surface area contributed by atoms with Crippen LogP contribution in [0.15, 0.2) is 15.5 Å². The molecule has 21 heavy (non-hydrogen) atoms. The van der Waals surface area contributed by atoms with Crippen LogP contribution in [0.1, 0.15) is 19.8 Å². The van der Waals surface area contributed by atoms with Crippen LogP contribution in [0.3, 0.4) is 0 Å². The summed E-state index contributed by atoms with van der Waals surface area (Å²) in [5.41, 5.74) is 0.647. The van der Waals surface area contributed by atoms with Gasteiger partial charge in [0.25, 0.3) is 5.56 Å². The number of nitrogens with one attached hydrogen (secondary N) is 1. The second kappa shape index (κ2) is 7.38. The van der Waals surface area contributed by atoms with Crippen molar-refractivity contribution in [1.82, 2.24) is 14.7 Å². The number of aromatic nitrogens is 2. The van der Waals surface area contributed by atoms with E-state index in [1.165, 1.54) is 4.68 Å². The van der Waals surface area contributed by atoms with Gasteiger partial charge < -0.3 is 15.0 Å². The summed E-state index contributed by atoms with van der Waals surface area (Å²) in [5.74, 6) is 0. The van der Waals surface area contributed by atoms with Crippen LogP contribution in [-0.2, 0) is 11.3 Å². The Morgan fingerprint density at radius 1 is 1.57 bits per heavy atom. The Hall–Kier alpha value is -0.920. The summed E-state index contributed by atoms with van der Waals surface area (Å²) in [5, 5.41) is 7.64. The Kier molecular flexibility index (Phi) is 5.78. The number of methoxy groups -OCH3 is 1. The van der Waals surface area contributed by atoms with Crippen LogP contribution in [0.2, 0.25) is 0 Å². The van der Waals surface area contributed by atoms with Crippen LogP contribution in [-0.4, -0.2) is 54.1 Å². The number of ether oxygens (including phenoxy) is 1. The highest BCUT2D eigenvalue weighted by atomic mass is 79.9. The van der Waals surface area contributed by atoms with Gasteiger partial charge in [0.15, 0.2) is 0 Å². The molecule has 6 nitrogen and oxygen atoms in total. The lowest BCUT2D eigenvalue weighted by Gasteiger charge is -2.35. The third kappa shape index (κ3) is 4.05. The third-order valence-electron chi connectivity index (χ3n) is 4.06. The van der Waals surface area contributed by atoms with E-state index < -0.39 is 0 Å². The molecule has 1 saturated heterocycles. The van der Waals surface area contributed by atoms with E-state index in [9.17, 15) is 4.79 Å². The first-order valence-electron chi connectivity index (χ1n) is 7.24. The van der Waals surface area contributed by atoms with Crippen molar-refractivity contribution in [1.29, 1.82) is 0 Å². The summed E-state index contributed by atoms with van der Waals surface area (Å²) in [6, 6.07) is 0.925. The van der Waals surface area contributed by atoms with Crippen LogP contribution in [0.25, 0.3) is 0 Å². The molecular formula is C14H23BrN4O2. The topological polar surface area (TPSA) is 59.4 Å². The van der Waals surface area contributed by atoms with Crippen LogP contribution in [0.4, 0.5) is 5.69 Å². The van der Waals surface area contributed by atoms with Gasteiger partial charge in [-0.05, 0) is 42.7 Å². The highest BCUT2D eigenvalue weighted by Gasteiger charge is 2.23. The van der Waals surface area contributed by atoms with E-state index in [0.717, 1.165) is 25.1 Å². The van der Waals surface area contributed by atoms with Gasteiger partial charge in [0.05, 0.1) is 25.0 Å². The van der Waals surface area contributed by atoms with E-state index in [2.05, 4.69) is 45.2 Å². The number of nitrogens with zero attached hydrogens (tertiary/aromatic N) is 3. The fraction of sp³-hybridized carbons (Fsp3) is 0.714. The minimum absolute atomic E-state index is 0.127. The van der Waals surface area contributed by atoms with Crippen molar-refractivity contribution < 1.29 is 4.74 Å². The predicted molar refractivity (Wildman–Crippen MR) is 86.8 cm³/mol. The molecule has 2 rings (SSSR count). The fourth-order valence-corrected chi connectivity index (χ4v) is 2.96. The number of piperidine rings is 1. The zero-order chi connectivity index (χ0) is 15.4. The number of halogens is 1. The number of hydrogen-bond donors (Lipinski definition) is 1. The molecule has 0 spiro atoms. The Bertz CT molecular complexity index is 534. The average molecular weight is 359 g/mol. The standard InChI is InChI=1S/C14H23BrN4O2/c1-10-8-11(4-5-18(10)2)17-12-9-16-19(6-7-21-3)14(20)13(12)15/h9-11,17H,4-8H2,1-3H3. The minimum atomic E-state index is -0.127. The smallest absolute Gasteiger partial charge is 0.283 e. The predicted octanol–water partition coefficient (Wildman–Crippen LogP) is 1.55. The van der Waals surface area contributed by atoms with Crippen molar-refractivity contribution in [2.75, 3.05) is 32.6 Å². The van der Waals surface area contributed by atoms with Gasteiger partial charge in [0.1, 0.15) is 4.47 Å².